The summed E-state index contributed by atoms with van der Waals surface area (Å²) in [4.78, 5) is 27.8. The average molecular weight is 522 g/mol. The van der Waals surface area contributed by atoms with E-state index in [1.54, 1.807) is 0 Å². The highest BCUT2D eigenvalue weighted by molar-refractivity contribution is 5.89. The minimum Gasteiger partial charge on any atom is -0.872 e. The maximum Gasteiger partial charge on any atom is 0.453 e. The normalized spacial score (nSPS) is 15.2. The number of alkyl halides is 3. The molecule has 0 bridgehead atoms. The molecule has 0 unspecified atom stereocenters. The van der Waals surface area contributed by atoms with Crippen LogP contribution in [-0.2, 0) is 17.5 Å². The molecule has 1 saturated heterocycles. The highest BCUT2D eigenvalue weighted by atomic mass is 19.4. The second-order valence-electron chi connectivity index (χ2n) is 8.62. The summed E-state index contributed by atoms with van der Waals surface area (Å²) in [6, 6.07) is 7.28. The van der Waals surface area contributed by atoms with Gasteiger partial charge in [-0.2, -0.15) is 13.2 Å². The van der Waals surface area contributed by atoms with Crippen LogP contribution in [-0.4, -0.2) is 62.4 Å². The van der Waals surface area contributed by atoms with Crippen molar-refractivity contribution in [1.29, 1.82) is 0 Å². The Balaban J connectivity index is 1.72. The maximum atomic E-state index is 14.0. The van der Waals surface area contributed by atoms with Crippen molar-refractivity contribution in [2.24, 2.45) is 0 Å². The van der Waals surface area contributed by atoms with E-state index < -0.39 is 40.4 Å². The molecule has 12 heteroatoms. The lowest BCUT2D eigenvalue weighted by molar-refractivity contribution is -0.918. The number of benzene rings is 2. The first-order chi connectivity index (χ1) is 17.6. The lowest BCUT2D eigenvalue weighted by atomic mass is 10.1. The number of piperazine rings is 1. The zero-order valence-electron chi connectivity index (χ0n) is 19.9. The van der Waals surface area contributed by atoms with Crippen molar-refractivity contribution in [3.8, 4) is 17.2 Å². The van der Waals surface area contributed by atoms with E-state index in [0.29, 0.717) is 32.7 Å². The van der Waals surface area contributed by atoms with Gasteiger partial charge in [-0.25, -0.2) is 4.79 Å². The van der Waals surface area contributed by atoms with Crippen LogP contribution in [0, 0.1) is 0 Å². The Labute approximate surface area is 209 Å². The number of nitrogens with one attached hydrogen (secondary N) is 1. The number of fused-ring (bicyclic) bond motifs is 1. The van der Waals surface area contributed by atoms with Gasteiger partial charge in [0.15, 0.2) is 0 Å². The molecule has 1 fully saturated rings. The molecule has 1 aliphatic heterocycles. The number of rotatable bonds is 7. The number of hydrogen-bond donors (Lipinski definition) is 2. The molecule has 1 aromatic heterocycles. The second kappa shape index (κ2) is 10.8. The van der Waals surface area contributed by atoms with E-state index in [9.17, 15) is 27.9 Å². The zero-order chi connectivity index (χ0) is 26.7. The Hall–Kier alpha value is -3.61. The Bertz CT molecular complexity index is 1330. The lowest BCUT2D eigenvalue weighted by Crippen LogP contribution is -3.13. The van der Waals surface area contributed by atoms with Gasteiger partial charge in [0, 0.05) is 25.2 Å². The van der Waals surface area contributed by atoms with E-state index >= 15 is 0 Å². The largest absolute Gasteiger partial charge is 0.872 e. The van der Waals surface area contributed by atoms with Gasteiger partial charge >= 0.3 is 12.1 Å². The molecule has 1 aliphatic rings. The van der Waals surface area contributed by atoms with Gasteiger partial charge in [-0.15, -0.1) is 0 Å². The van der Waals surface area contributed by atoms with Crippen molar-refractivity contribution in [3.05, 3.63) is 63.5 Å². The van der Waals surface area contributed by atoms with E-state index in [1.165, 1.54) is 31.4 Å². The first-order valence-corrected chi connectivity index (χ1v) is 11.5. The Morgan fingerprint density at radius 2 is 1.84 bits per heavy atom. The number of carbonyl (C=O) groups excluding carboxylic acids is 1. The number of esters is 1. The summed E-state index contributed by atoms with van der Waals surface area (Å²) in [6.07, 6.45) is -5.09. The molecule has 0 saturated carbocycles. The smallest absolute Gasteiger partial charge is 0.453 e. The number of nitrogens with zero attached hydrogens (tertiary/aromatic N) is 1. The number of methoxy groups -OCH3 is 1. The molecule has 198 valence electrons. The summed E-state index contributed by atoms with van der Waals surface area (Å²) in [6.45, 7) is 3.14. The Morgan fingerprint density at radius 1 is 1.16 bits per heavy atom. The van der Waals surface area contributed by atoms with E-state index in [-0.39, 0.29) is 35.4 Å². The fourth-order valence-corrected chi connectivity index (χ4v) is 4.28. The van der Waals surface area contributed by atoms with Gasteiger partial charge in [0.1, 0.15) is 17.9 Å². The molecular formula is C25H25F3N2O7. The molecule has 0 aliphatic carbocycles. The van der Waals surface area contributed by atoms with Crippen LogP contribution in [0.1, 0.15) is 21.7 Å². The number of aliphatic hydroxyl groups excluding tert-OH is 1. The summed E-state index contributed by atoms with van der Waals surface area (Å²) in [5, 5.41) is 21.6. The Kier molecular flexibility index (Phi) is 7.71. The second-order valence-corrected chi connectivity index (χ2v) is 8.62. The number of aliphatic hydroxyl groups is 1. The third-order valence-corrected chi connectivity index (χ3v) is 6.24. The topological polar surface area (TPSA) is 117 Å². The van der Waals surface area contributed by atoms with Crippen molar-refractivity contribution in [2.45, 2.75) is 12.7 Å². The number of hydrogen-bond acceptors (Lipinski definition) is 8. The van der Waals surface area contributed by atoms with Crippen molar-refractivity contribution < 1.29 is 47.0 Å². The molecule has 37 heavy (non-hydrogen) atoms. The molecule has 4 rings (SSSR count). The maximum absolute atomic E-state index is 14.0. The van der Waals surface area contributed by atoms with E-state index in [2.05, 4.69) is 4.74 Å². The van der Waals surface area contributed by atoms with Crippen molar-refractivity contribution in [3.63, 3.8) is 0 Å². The predicted octanol–water partition coefficient (Wildman–Crippen LogP) is 1.16. The van der Waals surface area contributed by atoms with Crippen LogP contribution in [0.2, 0.25) is 0 Å². The van der Waals surface area contributed by atoms with Crippen molar-refractivity contribution in [1.82, 2.24) is 4.90 Å². The van der Waals surface area contributed by atoms with Crippen LogP contribution in [0.4, 0.5) is 13.2 Å². The standard InChI is InChI=1S/C25H25F3N2O7/c1-35-24(34)15-2-4-16(5-3-15)36-22-20(33)17-6-7-19(32)18(21(17)37-23(22)25(26,27)28)14-30-10-8-29(9-11-30)12-13-31/h2-7,31-32H,8-14H2,1H3. The minimum atomic E-state index is -5.09. The van der Waals surface area contributed by atoms with Gasteiger partial charge < -0.3 is 29.0 Å². The predicted molar refractivity (Wildman–Crippen MR) is 123 cm³/mol. The first-order valence-electron chi connectivity index (χ1n) is 11.5. The van der Waals surface area contributed by atoms with Crippen LogP contribution in [0.25, 0.3) is 11.0 Å². The van der Waals surface area contributed by atoms with Gasteiger partial charge in [0.2, 0.25) is 11.2 Å². The summed E-state index contributed by atoms with van der Waals surface area (Å²) in [5.41, 5.74) is -1.36. The molecule has 2 N–H and O–H groups in total. The SMILES string of the molecule is COC(=O)c1ccc(Oc2c(C(F)(F)F)oc3c(C[NH+]4CCN(CCO)CC4)c([O-])ccc3c2=O)cc1. The molecule has 0 spiro atoms. The number of carbonyl (C=O) groups is 1. The third-order valence-electron chi connectivity index (χ3n) is 6.24. The number of halogens is 3. The zero-order valence-corrected chi connectivity index (χ0v) is 19.9. The van der Waals surface area contributed by atoms with Gasteiger partial charge in [0.05, 0.1) is 37.8 Å². The molecule has 9 nitrogen and oxygen atoms in total. The average Bonchev–Trinajstić information content (AvgIpc) is 2.87. The molecule has 3 aromatic rings. The fraction of sp³-hybridized carbons (Fsp3) is 0.360. The Morgan fingerprint density at radius 3 is 2.43 bits per heavy atom. The minimum absolute atomic E-state index is 0.0142. The van der Waals surface area contributed by atoms with Gasteiger partial charge in [-0.1, -0.05) is 11.8 Å². The summed E-state index contributed by atoms with van der Waals surface area (Å²) in [5.74, 6) is -4.03. The number of quaternary nitrogens is 1. The first kappa shape index (κ1) is 26.5. The molecule has 2 aromatic carbocycles. The third kappa shape index (κ3) is 5.71. The summed E-state index contributed by atoms with van der Waals surface area (Å²) in [7, 11) is 1.18. The van der Waals surface area contributed by atoms with Gasteiger partial charge in [-0.3, -0.25) is 9.69 Å². The summed E-state index contributed by atoms with van der Waals surface area (Å²) >= 11 is 0. The summed E-state index contributed by atoms with van der Waals surface area (Å²) < 4.78 is 57.1. The molecule has 2 heterocycles. The highest BCUT2D eigenvalue weighted by Crippen LogP contribution is 2.39. The van der Waals surface area contributed by atoms with E-state index in [4.69, 9.17) is 14.3 Å². The number of β-amino-alcohol motifs (C(OH)–C–C–N with tert-alkyl or cyclic N) is 1. The van der Waals surface area contributed by atoms with Gasteiger partial charge in [0.25, 0.3) is 5.76 Å². The van der Waals surface area contributed by atoms with Gasteiger partial charge in [-0.05, 0) is 30.3 Å². The number of ether oxygens (including phenoxy) is 2. The molecule has 0 atom stereocenters. The quantitative estimate of drug-likeness (QED) is 0.444. The van der Waals surface area contributed by atoms with Crippen molar-refractivity contribution in [2.75, 3.05) is 46.4 Å². The van der Waals surface area contributed by atoms with Crippen LogP contribution in [0.15, 0.2) is 45.6 Å². The van der Waals surface area contributed by atoms with E-state index in [0.717, 1.165) is 17.0 Å². The fourth-order valence-electron chi connectivity index (χ4n) is 4.28. The monoisotopic (exact) mass is 522 g/mol. The molecular weight excluding hydrogens is 497 g/mol. The van der Waals surface area contributed by atoms with Crippen molar-refractivity contribution >= 4 is 16.9 Å². The van der Waals surface area contributed by atoms with Crippen LogP contribution in [0.5, 0.6) is 17.2 Å². The molecule has 0 radical (unpaired) electrons. The molecule has 0 amide bonds. The van der Waals surface area contributed by atoms with Crippen LogP contribution < -0.4 is 20.2 Å². The van der Waals surface area contributed by atoms with Crippen LogP contribution in [0.3, 0.4) is 0 Å². The lowest BCUT2D eigenvalue weighted by Gasteiger charge is -2.32. The highest BCUT2D eigenvalue weighted by Gasteiger charge is 2.41. The van der Waals surface area contributed by atoms with E-state index in [1.807, 2.05) is 4.90 Å². The van der Waals surface area contributed by atoms with Crippen LogP contribution >= 0.6 is 0 Å².